The summed E-state index contributed by atoms with van der Waals surface area (Å²) in [6.07, 6.45) is 0. The molecule has 0 aliphatic rings. The Morgan fingerprint density at radius 1 is 0.320 bits per heavy atom. The van der Waals surface area contributed by atoms with Crippen molar-refractivity contribution in [2.45, 2.75) is 0 Å². The molecule has 2 nitrogen and oxygen atoms in total. The molecule has 11 aromatic rings. The summed E-state index contributed by atoms with van der Waals surface area (Å²) in [6, 6.07) is 63.9. The van der Waals surface area contributed by atoms with Gasteiger partial charge in [0.2, 0.25) is 0 Å². The van der Waals surface area contributed by atoms with Gasteiger partial charge in [-0.15, -0.1) is 0 Å². The van der Waals surface area contributed by atoms with E-state index in [0.29, 0.717) is 0 Å². The number of hydrogen-bond donors (Lipinski definition) is 0. The molecule has 0 saturated carbocycles. The molecule has 0 aliphatic carbocycles. The Kier molecular flexibility index (Phi) is 5.70. The van der Waals surface area contributed by atoms with Gasteiger partial charge in [0.15, 0.2) is 0 Å². The highest BCUT2D eigenvalue weighted by molar-refractivity contribution is 6.22. The molecule has 0 atom stereocenters. The number of benzene rings is 9. The Bertz CT molecular complexity index is 3030. The fourth-order valence-electron chi connectivity index (χ4n) is 8.35. The lowest BCUT2D eigenvalue weighted by molar-refractivity contribution is 0.669. The smallest absolute Gasteiger partial charge is 0.136 e. The molecular formula is C48H29NO. The van der Waals surface area contributed by atoms with Crippen molar-refractivity contribution < 1.29 is 4.42 Å². The number of nitrogens with zero attached hydrogens (tertiary/aromatic N) is 1. The molecule has 50 heavy (non-hydrogen) atoms. The zero-order chi connectivity index (χ0) is 32.8. The Balaban J connectivity index is 1.12. The molecule has 0 aliphatic heterocycles. The number of furan rings is 1. The van der Waals surface area contributed by atoms with Gasteiger partial charge in [-0.25, -0.2) is 0 Å². The lowest BCUT2D eigenvalue weighted by Gasteiger charge is -2.18. The largest absolute Gasteiger partial charge is 0.456 e. The number of rotatable bonds is 3. The number of hydrogen-bond acceptors (Lipinski definition) is 1. The molecule has 11 rings (SSSR count). The van der Waals surface area contributed by atoms with Crippen molar-refractivity contribution in [1.29, 1.82) is 0 Å². The van der Waals surface area contributed by atoms with Gasteiger partial charge in [-0.05, 0) is 103 Å². The van der Waals surface area contributed by atoms with Crippen molar-refractivity contribution in [3.05, 3.63) is 176 Å². The summed E-state index contributed by atoms with van der Waals surface area (Å²) < 4.78 is 8.77. The summed E-state index contributed by atoms with van der Waals surface area (Å²) in [5.74, 6) is 0. The summed E-state index contributed by atoms with van der Waals surface area (Å²) in [7, 11) is 0. The number of fused-ring (bicyclic) bond motifs is 9. The Hall–Kier alpha value is -6.64. The summed E-state index contributed by atoms with van der Waals surface area (Å²) in [5.41, 5.74) is 10.3. The second kappa shape index (κ2) is 10.4. The van der Waals surface area contributed by atoms with Gasteiger partial charge in [-0.1, -0.05) is 127 Å². The monoisotopic (exact) mass is 635 g/mol. The van der Waals surface area contributed by atoms with Crippen LogP contribution in [0.3, 0.4) is 0 Å². The third-order valence-corrected chi connectivity index (χ3v) is 10.6. The highest BCUT2D eigenvalue weighted by atomic mass is 16.3. The lowest BCUT2D eigenvalue weighted by Crippen LogP contribution is -1.94. The van der Waals surface area contributed by atoms with Crippen molar-refractivity contribution in [3.8, 4) is 27.9 Å². The van der Waals surface area contributed by atoms with Crippen molar-refractivity contribution in [3.63, 3.8) is 0 Å². The molecule has 0 fully saturated rings. The predicted octanol–water partition coefficient (Wildman–Crippen LogP) is 13.5. The number of aromatic nitrogens is 1. The molecule has 0 unspecified atom stereocenters. The molecule has 0 saturated heterocycles. The van der Waals surface area contributed by atoms with E-state index in [4.69, 9.17) is 4.42 Å². The fraction of sp³-hybridized carbons (Fsp3) is 0. The van der Waals surface area contributed by atoms with Crippen LogP contribution in [0.2, 0.25) is 0 Å². The molecule has 2 heteroatoms. The molecule has 0 amide bonds. The standard InChI is InChI=1S/C48H29NO/c1-2-12-32-29-46-42(27-31(32)11-1)41-28-33(23-26-45(41)50-46)48-39-17-5-3-15-37(39)47(38-16-4-6-18-40(38)48)30-21-24-34(25-22-30)49-43-19-9-7-13-35(43)36-14-8-10-20-44(36)49/h1-29H. The number of para-hydroxylation sites is 2. The molecule has 0 spiro atoms. The van der Waals surface area contributed by atoms with Gasteiger partial charge in [0.25, 0.3) is 0 Å². The highest BCUT2D eigenvalue weighted by Crippen LogP contribution is 2.45. The zero-order valence-corrected chi connectivity index (χ0v) is 27.1. The quantitative estimate of drug-likeness (QED) is 0.177. The van der Waals surface area contributed by atoms with Gasteiger partial charge in [-0.3, -0.25) is 0 Å². The van der Waals surface area contributed by atoms with Gasteiger partial charge in [0.1, 0.15) is 11.2 Å². The van der Waals surface area contributed by atoms with Crippen LogP contribution in [-0.2, 0) is 0 Å². The topological polar surface area (TPSA) is 18.1 Å². The summed E-state index contributed by atoms with van der Waals surface area (Å²) >= 11 is 0. The molecule has 2 aromatic heterocycles. The predicted molar refractivity (Wildman–Crippen MR) is 211 cm³/mol. The molecule has 232 valence electrons. The summed E-state index contributed by atoms with van der Waals surface area (Å²) in [6.45, 7) is 0. The van der Waals surface area contributed by atoms with Crippen LogP contribution in [0.25, 0.3) is 104 Å². The van der Waals surface area contributed by atoms with Gasteiger partial charge in [0.05, 0.1) is 11.0 Å². The minimum Gasteiger partial charge on any atom is -0.456 e. The van der Waals surface area contributed by atoms with Crippen molar-refractivity contribution in [1.82, 2.24) is 4.57 Å². The Labute approximate surface area is 288 Å². The van der Waals surface area contributed by atoms with Gasteiger partial charge >= 0.3 is 0 Å². The maximum absolute atomic E-state index is 6.39. The van der Waals surface area contributed by atoms with Crippen LogP contribution in [0, 0.1) is 0 Å². The van der Waals surface area contributed by atoms with E-state index in [1.165, 1.54) is 76.4 Å². The Morgan fingerprint density at radius 3 is 1.38 bits per heavy atom. The van der Waals surface area contributed by atoms with Crippen LogP contribution >= 0.6 is 0 Å². The molecule has 0 N–H and O–H groups in total. The van der Waals surface area contributed by atoms with E-state index in [-0.39, 0.29) is 0 Å². The van der Waals surface area contributed by atoms with Gasteiger partial charge < -0.3 is 8.98 Å². The van der Waals surface area contributed by atoms with E-state index in [2.05, 4.69) is 180 Å². The minimum absolute atomic E-state index is 0.910. The van der Waals surface area contributed by atoms with E-state index in [1.54, 1.807) is 0 Å². The first-order valence-electron chi connectivity index (χ1n) is 17.2. The van der Waals surface area contributed by atoms with Crippen LogP contribution in [0.4, 0.5) is 0 Å². The highest BCUT2D eigenvalue weighted by Gasteiger charge is 2.19. The minimum atomic E-state index is 0.910. The van der Waals surface area contributed by atoms with Crippen LogP contribution in [0.15, 0.2) is 180 Å². The molecule has 0 bridgehead atoms. The van der Waals surface area contributed by atoms with Crippen LogP contribution in [0.5, 0.6) is 0 Å². The van der Waals surface area contributed by atoms with E-state index >= 15 is 0 Å². The van der Waals surface area contributed by atoms with Crippen LogP contribution in [0.1, 0.15) is 0 Å². The first-order chi connectivity index (χ1) is 24.8. The van der Waals surface area contributed by atoms with Crippen LogP contribution in [-0.4, -0.2) is 4.57 Å². The average molecular weight is 636 g/mol. The first-order valence-corrected chi connectivity index (χ1v) is 17.2. The third-order valence-electron chi connectivity index (χ3n) is 10.6. The first kappa shape index (κ1) is 27.3. The molecule has 2 heterocycles. The average Bonchev–Trinajstić information content (AvgIpc) is 3.71. The van der Waals surface area contributed by atoms with E-state index in [9.17, 15) is 0 Å². The third kappa shape index (κ3) is 3.90. The lowest BCUT2D eigenvalue weighted by atomic mass is 9.85. The van der Waals surface area contributed by atoms with Crippen molar-refractivity contribution in [2.24, 2.45) is 0 Å². The SMILES string of the molecule is c1ccc2cc3c(cc2c1)oc1ccc(-c2c4ccccc4c(-c4ccc(-n5c6ccccc6c6ccccc65)cc4)c4ccccc24)cc13. The van der Waals surface area contributed by atoms with E-state index in [0.717, 1.165) is 27.6 Å². The maximum atomic E-state index is 6.39. The van der Waals surface area contributed by atoms with E-state index < -0.39 is 0 Å². The normalized spacial score (nSPS) is 12.0. The van der Waals surface area contributed by atoms with Crippen molar-refractivity contribution in [2.75, 3.05) is 0 Å². The molecule has 9 aromatic carbocycles. The fourth-order valence-corrected chi connectivity index (χ4v) is 8.35. The van der Waals surface area contributed by atoms with Crippen molar-refractivity contribution >= 4 is 76.1 Å². The molecular weight excluding hydrogens is 607 g/mol. The van der Waals surface area contributed by atoms with Gasteiger partial charge in [-0.2, -0.15) is 0 Å². The second-order valence-electron chi connectivity index (χ2n) is 13.3. The molecule has 0 radical (unpaired) electrons. The Morgan fingerprint density at radius 2 is 0.780 bits per heavy atom. The van der Waals surface area contributed by atoms with Gasteiger partial charge in [0, 0.05) is 27.2 Å². The summed E-state index contributed by atoms with van der Waals surface area (Å²) in [5, 5.41) is 12.2. The zero-order valence-electron chi connectivity index (χ0n) is 27.1. The summed E-state index contributed by atoms with van der Waals surface area (Å²) in [4.78, 5) is 0. The second-order valence-corrected chi connectivity index (χ2v) is 13.3. The van der Waals surface area contributed by atoms with E-state index in [1.807, 2.05) is 0 Å². The van der Waals surface area contributed by atoms with Crippen LogP contribution < -0.4 is 0 Å². The maximum Gasteiger partial charge on any atom is 0.136 e.